The van der Waals surface area contributed by atoms with Crippen LogP contribution in [0.3, 0.4) is 0 Å². The van der Waals surface area contributed by atoms with E-state index in [1.54, 1.807) is 12.1 Å². The molecule has 2 aliphatic heterocycles. The summed E-state index contributed by atoms with van der Waals surface area (Å²) < 4.78 is 5.43. The van der Waals surface area contributed by atoms with Gasteiger partial charge >= 0.3 is 0 Å². The third-order valence-electron chi connectivity index (χ3n) is 6.43. The highest BCUT2D eigenvalue weighted by Gasteiger charge is 2.32. The maximum atomic E-state index is 12.9. The first-order chi connectivity index (χ1) is 15.5. The summed E-state index contributed by atoms with van der Waals surface area (Å²) in [5.41, 5.74) is 1.10. The van der Waals surface area contributed by atoms with Crippen LogP contribution < -0.4 is 5.32 Å². The number of rotatable bonds is 8. The third kappa shape index (κ3) is 4.54. The lowest BCUT2D eigenvalue weighted by molar-refractivity contribution is -0.121. The summed E-state index contributed by atoms with van der Waals surface area (Å²) in [6.07, 6.45) is 0.711. The molecule has 1 fully saturated rings. The van der Waals surface area contributed by atoms with Crippen LogP contribution >= 0.6 is 0 Å². The molecule has 0 bridgehead atoms. The number of hydrogen-bond donors (Lipinski definition) is 1. The second-order valence-electron chi connectivity index (χ2n) is 8.84. The third-order valence-corrected chi connectivity index (χ3v) is 6.43. The molecule has 0 radical (unpaired) electrons. The van der Waals surface area contributed by atoms with Gasteiger partial charge in [0.1, 0.15) is 0 Å². The SMILES string of the molecule is CC(C)C(CNC(=O)CCCN1C(=O)c2cccc3cccc(c23)C1=O)N1CCOCC1. The van der Waals surface area contributed by atoms with Gasteiger partial charge in [0.2, 0.25) is 5.91 Å². The van der Waals surface area contributed by atoms with E-state index in [0.29, 0.717) is 30.0 Å². The van der Waals surface area contributed by atoms with E-state index in [-0.39, 0.29) is 36.7 Å². The molecule has 0 aliphatic carbocycles. The van der Waals surface area contributed by atoms with Crippen molar-refractivity contribution in [3.05, 3.63) is 47.5 Å². The lowest BCUT2D eigenvalue weighted by Gasteiger charge is -2.37. The second-order valence-corrected chi connectivity index (χ2v) is 8.84. The van der Waals surface area contributed by atoms with Gasteiger partial charge < -0.3 is 10.1 Å². The number of nitrogens with one attached hydrogen (secondary N) is 1. The molecular weight excluding hydrogens is 406 g/mol. The number of carbonyl (C=O) groups excluding carboxylic acids is 3. The normalized spacial score (nSPS) is 17.8. The number of carbonyl (C=O) groups is 3. The molecule has 2 aliphatic rings. The maximum Gasteiger partial charge on any atom is 0.261 e. The average molecular weight is 438 g/mol. The monoisotopic (exact) mass is 437 g/mol. The molecule has 1 atom stereocenters. The van der Waals surface area contributed by atoms with Crippen molar-refractivity contribution in [3.63, 3.8) is 0 Å². The minimum atomic E-state index is -0.285. The van der Waals surface area contributed by atoms with Crippen LogP contribution in [0.2, 0.25) is 0 Å². The Hall–Kier alpha value is -2.77. The molecule has 170 valence electrons. The van der Waals surface area contributed by atoms with E-state index in [4.69, 9.17) is 4.74 Å². The smallest absolute Gasteiger partial charge is 0.261 e. The number of benzene rings is 2. The van der Waals surface area contributed by atoms with Crippen LogP contribution in [0, 0.1) is 5.92 Å². The highest BCUT2D eigenvalue weighted by Crippen LogP contribution is 2.30. The largest absolute Gasteiger partial charge is 0.379 e. The molecule has 32 heavy (non-hydrogen) atoms. The standard InChI is InChI=1S/C25H31N3O4/c1-17(2)21(27-12-14-32-15-13-27)16-26-22(29)10-5-11-28-24(30)19-8-3-6-18-7-4-9-20(23(18)19)25(28)31/h3-4,6-9,17,21H,5,10-16H2,1-2H3,(H,26,29). The fourth-order valence-electron chi connectivity index (χ4n) is 4.68. The van der Waals surface area contributed by atoms with Gasteiger partial charge in [0.25, 0.3) is 11.8 Å². The number of imide groups is 1. The Morgan fingerprint density at radius 1 is 1.03 bits per heavy atom. The Bertz CT molecular complexity index is 963. The molecule has 0 aromatic heterocycles. The van der Waals surface area contributed by atoms with Gasteiger partial charge in [-0.05, 0) is 29.9 Å². The Morgan fingerprint density at radius 2 is 1.66 bits per heavy atom. The van der Waals surface area contributed by atoms with Gasteiger partial charge in [-0.15, -0.1) is 0 Å². The van der Waals surface area contributed by atoms with Gasteiger partial charge in [-0.25, -0.2) is 0 Å². The Balaban J connectivity index is 1.32. The zero-order valence-electron chi connectivity index (χ0n) is 18.8. The van der Waals surface area contributed by atoms with Crippen molar-refractivity contribution in [2.24, 2.45) is 5.92 Å². The van der Waals surface area contributed by atoms with Gasteiger partial charge in [-0.1, -0.05) is 38.1 Å². The number of nitrogens with zero attached hydrogens (tertiary/aromatic N) is 2. The van der Waals surface area contributed by atoms with Crippen molar-refractivity contribution in [1.82, 2.24) is 15.1 Å². The Morgan fingerprint density at radius 3 is 2.25 bits per heavy atom. The van der Waals surface area contributed by atoms with Crippen molar-refractivity contribution in [3.8, 4) is 0 Å². The van der Waals surface area contributed by atoms with E-state index < -0.39 is 0 Å². The van der Waals surface area contributed by atoms with Gasteiger partial charge in [0.15, 0.2) is 0 Å². The summed E-state index contributed by atoms with van der Waals surface area (Å²) in [7, 11) is 0. The molecular formula is C25H31N3O4. The second kappa shape index (κ2) is 9.79. The first kappa shape index (κ1) is 22.4. The Kier molecular flexibility index (Phi) is 6.86. The molecule has 2 heterocycles. The fourth-order valence-corrected chi connectivity index (χ4v) is 4.68. The summed E-state index contributed by atoms with van der Waals surface area (Å²) >= 11 is 0. The van der Waals surface area contributed by atoms with E-state index in [1.165, 1.54) is 4.90 Å². The molecule has 1 N–H and O–H groups in total. The van der Waals surface area contributed by atoms with Crippen LogP contribution in [0.25, 0.3) is 10.8 Å². The quantitative estimate of drug-likeness (QED) is 0.643. The van der Waals surface area contributed by atoms with E-state index in [9.17, 15) is 14.4 Å². The van der Waals surface area contributed by atoms with E-state index in [2.05, 4.69) is 24.1 Å². The van der Waals surface area contributed by atoms with Gasteiger partial charge in [-0.3, -0.25) is 24.2 Å². The summed E-state index contributed by atoms with van der Waals surface area (Å²) in [6, 6.07) is 11.3. The molecule has 0 spiro atoms. The zero-order valence-corrected chi connectivity index (χ0v) is 18.8. The van der Waals surface area contributed by atoms with Crippen molar-refractivity contribution in [2.45, 2.75) is 32.7 Å². The van der Waals surface area contributed by atoms with Crippen LogP contribution in [0.4, 0.5) is 0 Å². The lowest BCUT2D eigenvalue weighted by atomic mass is 9.94. The molecule has 0 saturated carbocycles. The van der Waals surface area contributed by atoms with Crippen molar-refractivity contribution in [2.75, 3.05) is 39.4 Å². The number of hydrogen-bond acceptors (Lipinski definition) is 5. The molecule has 7 heteroatoms. The summed E-state index contributed by atoms with van der Waals surface area (Å²) in [4.78, 5) is 42.0. The van der Waals surface area contributed by atoms with E-state index in [0.717, 1.165) is 37.1 Å². The van der Waals surface area contributed by atoms with Crippen molar-refractivity contribution in [1.29, 1.82) is 0 Å². The first-order valence-corrected chi connectivity index (χ1v) is 11.4. The van der Waals surface area contributed by atoms with Crippen molar-refractivity contribution >= 4 is 28.5 Å². The van der Waals surface area contributed by atoms with Gasteiger partial charge in [-0.2, -0.15) is 0 Å². The summed E-state index contributed by atoms with van der Waals surface area (Å²) in [5, 5.41) is 4.66. The maximum absolute atomic E-state index is 12.9. The highest BCUT2D eigenvalue weighted by atomic mass is 16.5. The van der Waals surface area contributed by atoms with E-state index in [1.807, 2.05) is 24.3 Å². The zero-order chi connectivity index (χ0) is 22.7. The van der Waals surface area contributed by atoms with Crippen LogP contribution in [0.1, 0.15) is 47.4 Å². The number of amides is 3. The molecule has 1 unspecified atom stereocenters. The topological polar surface area (TPSA) is 79.0 Å². The average Bonchev–Trinajstić information content (AvgIpc) is 2.80. The van der Waals surface area contributed by atoms with E-state index >= 15 is 0 Å². The summed E-state index contributed by atoms with van der Waals surface area (Å²) in [5.74, 6) is -0.207. The van der Waals surface area contributed by atoms with Gasteiger partial charge in [0.05, 0.1) is 13.2 Å². The van der Waals surface area contributed by atoms with Crippen LogP contribution in [-0.2, 0) is 9.53 Å². The predicted octanol–water partition coefficient (Wildman–Crippen LogP) is 2.69. The molecule has 3 amide bonds. The minimum Gasteiger partial charge on any atom is -0.379 e. The highest BCUT2D eigenvalue weighted by molar-refractivity contribution is 6.25. The van der Waals surface area contributed by atoms with Crippen LogP contribution in [0.5, 0.6) is 0 Å². The van der Waals surface area contributed by atoms with Crippen molar-refractivity contribution < 1.29 is 19.1 Å². The molecule has 7 nitrogen and oxygen atoms in total. The van der Waals surface area contributed by atoms with Crippen LogP contribution in [-0.4, -0.2) is 73.0 Å². The fraction of sp³-hybridized carbons (Fsp3) is 0.480. The number of morpholine rings is 1. The number of ether oxygens (including phenoxy) is 1. The van der Waals surface area contributed by atoms with Gasteiger partial charge in [0, 0.05) is 55.2 Å². The molecule has 4 rings (SSSR count). The Labute approximate surface area is 188 Å². The molecule has 2 aromatic carbocycles. The van der Waals surface area contributed by atoms with Crippen LogP contribution in [0.15, 0.2) is 36.4 Å². The summed E-state index contributed by atoms with van der Waals surface area (Å²) in [6.45, 7) is 8.37. The molecule has 2 aromatic rings. The molecule has 1 saturated heterocycles. The lowest BCUT2D eigenvalue weighted by Crippen LogP contribution is -2.51. The predicted molar refractivity (Wildman–Crippen MR) is 123 cm³/mol. The first-order valence-electron chi connectivity index (χ1n) is 11.4. The minimum absolute atomic E-state index is 0.0525.